The third-order valence-corrected chi connectivity index (χ3v) is 5.28. The average Bonchev–Trinajstić information content (AvgIpc) is 2.91. The van der Waals surface area contributed by atoms with Crippen molar-refractivity contribution in [3.63, 3.8) is 0 Å². The van der Waals surface area contributed by atoms with Gasteiger partial charge in [-0.3, -0.25) is 4.90 Å². The molecule has 0 saturated carbocycles. The molecule has 2 heterocycles. The molecule has 0 amide bonds. The molecule has 1 saturated heterocycles. The molecular formula is C14H24N2O3S. The zero-order chi connectivity index (χ0) is 14.4. The van der Waals surface area contributed by atoms with Gasteiger partial charge in [-0.15, -0.1) is 0 Å². The second-order valence-corrected chi connectivity index (χ2v) is 7.39. The van der Waals surface area contributed by atoms with Crippen LogP contribution in [0.2, 0.25) is 0 Å². The number of furan rings is 1. The minimum atomic E-state index is -3.06. The monoisotopic (exact) mass is 300 g/mol. The summed E-state index contributed by atoms with van der Waals surface area (Å²) < 4.78 is 31.3. The van der Waals surface area contributed by atoms with Crippen LogP contribution in [0.25, 0.3) is 0 Å². The summed E-state index contributed by atoms with van der Waals surface area (Å²) in [5, 5.41) is 0. The van der Waals surface area contributed by atoms with Crippen LogP contribution >= 0.6 is 0 Å². The van der Waals surface area contributed by atoms with Crippen molar-refractivity contribution in [1.29, 1.82) is 0 Å². The van der Waals surface area contributed by atoms with Gasteiger partial charge in [0, 0.05) is 6.54 Å². The van der Waals surface area contributed by atoms with Crippen molar-refractivity contribution >= 4 is 10.0 Å². The predicted octanol–water partition coefficient (Wildman–Crippen LogP) is 1.82. The van der Waals surface area contributed by atoms with Crippen LogP contribution in [0, 0.1) is 5.92 Å². The summed E-state index contributed by atoms with van der Waals surface area (Å²) in [6.45, 7) is 5.31. The van der Waals surface area contributed by atoms with E-state index in [1.54, 1.807) is 6.26 Å². The lowest BCUT2D eigenvalue weighted by atomic mass is 9.97. The molecule has 0 atom stereocenters. The summed E-state index contributed by atoms with van der Waals surface area (Å²) >= 11 is 0. The summed E-state index contributed by atoms with van der Waals surface area (Å²) in [4.78, 5) is 2.36. The minimum absolute atomic E-state index is 0.227. The zero-order valence-electron chi connectivity index (χ0n) is 12.0. The highest BCUT2D eigenvalue weighted by Gasteiger charge is 2.21. The molecule has 0 spiro atoms. The van der Waals surface area contributed by atoms with Crippen LogP contribution in [0.5, 0.6) is 0 Å². The number of hydrogen-bond acceptors (Lipinski definition) is 4. The van der Waals surface area contributed by atoms with Gasteiger partial charge >= 0.3 is 0 Å². The third kappa shape index (κ3) is 4.92. The van der Waals surface area contributed by atoms with E-state index in [0.717, 1.165) is 38.2 Å². The van der Waals surface area contributed by atoms with Crippen LogP contribution in [0.1, 0.15) is 31.9 Å². The van der Waals surface area contributed by atoms with Crippen molar-refractivity contribution in [2.75, 3.05) is 25.4 Å². The molecule has 5 nitrogen and oxygen atoms in total. The average molecular weight is 300 g/mol. The van der Waals surface area contributed by atoms with E-state index in [9.17, 15) is 8.42 Å². The van der Waals surface area contributed by atoms with Gasteiger partial charge in [0.1, 0.15) is 5.76 Å². The van der Waals surface area contributed by atoms with Gasteiger partial charge < -0.3 is 4.42 Å². The van der Waals surface area contributed by atoms with E-state index >= 15 is 0 Å². The maximum atomic E-state index is 11.6. The smallest absolute Gasteiger partial charge is 0.211 e. The van der Waals surface area contributed by atoms with E-state index in [4.69, 9.17) is 4.42 Å². The molecule has 1 aromatic rings. The lowest BCUT2D eigenvalue weighted by Crippen LogP contribution is -2.38. The molecule has 1 aliphatic rings. The van der Waals surface area contributed by atoms with Gasteiger partial charge in [-0.05, 0) is 50.4 Å². The highest BCUT2D eigenvalue weighted by Crippen LogP contribution is 2.18. The lowest BCUT2D eigenvalue weighted by molar-refractivity contribution is 0.168. The van der Waals surface area contributed by atoms with Crippen LogP contribution in [-0.2, 0) is 16.6 Å². The Kier molecular flexibility index (Phi) is 5.63. The van der Waals surface area contributed by atoms with Crippen molar-refractivity contribution < 1.29 is 12.8 Å². The van der Waals surface area contributed by atoms with E-state index in [2.05, 4.69) is 9.62 Å². The van der Waals surface area contributed by atoms with Gasteiger partial charge in [-0.1, -0.05) is 6.92 Å². The molecule has 1 aliphatic heterocycles. The fourth-order valence-electron chi connectivity index (χ4n) is 2.56. The Morgan fingerprint density at radius 3 is 2.75 bits per heavy atom. The normalized spacial score (nSPS) is 18.4. The first-order valence-electron chi connectivity index (χ1n) is 7.31. The van der Waals surface area contributed by atoms with Crippen LogP contribution in [0.4, 0.5) is 0 Å². The van der Waals surface area contributed by atoms with E-state index in [1.165, 1.54) is 0 Å². The summed E-state index contributed by atoms with van der Waals surface area (Å²) in [5.74, 6) is 1.67. The van der Waals surface area contributed by atoms with Crippen molar-refractivity contribution in [2.45, 2.75) is 32.7 Å². The van der Waals surface area contributed by atoms with Crippen molar-refractivity contribution in [3.05, 3.63) is 24.2 Å². The molecule has 0 aliphatic carbocycles. The zero-order valence-corrected chi connectivity index (χ0v) is 12.9. The molecule has 0 radical (unpaired) electrons. The minimum Gasteiger partial charge on any atom is -0.468 e. The lowest BCUT2D eigenvalue weighted by Gasteiger charge is -2.31. The summed E-state index contributed by atoms with van der Waals surface area (Å²) in [6, 6.07) is 3.90. The Bertz CT molecular complexity index is 477. The van der Waals surface area contributed by atoms with Gasteiger partial charge in [-0.2, -0.15) is 0 Å². The number of nitrogens with zero attached hydrogens (tertiary/aromatic N) is 1. The fraction of sp³-hybridized carbons (Fsp3) is 0.714. The first-order chi connectivity index (χ1) is 9.59. The number of likely N-dealkylation sites (tertiary alicyclic amines) is 1. The fourth-order valence-corrected chi connectivity index (χ4v) is 3.73. The number of sulfonamides is 1. The van der Waals surface area contributed by atoms with Gasteiger partial charge in [0.05, 0.1) is 18.6 Å². The highest BCUT2D eigenvalue weighted by atomic mass is 32.2. The number of hydrogen-bond donors (Lipinski definition) is 1. The molecule has 1 aromatic heterocycles. The van der Waals surface area contributed by atoms with Gasteiger partial charge in [0.25, 0.3) is 0 Å². The molecule has 20 heavy (non-hydrogen) atoms. The molecule has 2 rings (SSSR count). The number of nitrogens with one attached hydrogen (secondary N) is 1. The van der Waals surface area contributed by atoms with E-state index in [0.29, 0.717) is 18.9 Å². The quantitative estimate of drug-likeness (QED) is 0.834. The van der Waals surface area contributed by atoms with E-state index < -0.39 is 10.0 Å². The maximum Gasteiger partial charge on any atom is 0.211 e. The summed E-state index contributed by atoms with van der Waals surface area (Å²) in [5.41, 5.74) is 0. The Morgan fingerprint density at radius 1 is 1.40 bits per heavy atom. The molecule has 0 unspecified atom stereocenters. The largest absolute Gasteiger partial charge is 0.468 e. The van der Waals surface area contributed by atoms with E-state index in [1.807, 2.05) is 19.1 Å². The maximum absolute atomic E-state index is 11.6. The second kappa shape index (κ2) is 7.24. The third-order valence-electron chi connectivity index (χ3n) is 3.73. The standard InChI is InChI=1S/C14H24N2O3S/c1-2-10-20(17,18)15-11-13-5-7-16(8-6-13)12-14-4-3-9-19-14/h3-4,9,13,15H,2,5-8,10-12H2,1H3. The molecule has 114 valence electrons. The van der Waals surface area contributed by atoms with Gasteiger partial charge in [-0.25, -0.2) is 13.1 Å². The Labute approximate surface area is 121 Å². The second-order valence-electron chi connectivity index (χ2n) is 5.47. The van der Waals surface area contributed by atoms with Crippen molar-refractivity contribution in [3.8, 4) is 0 Å². The van der Waals surface area contributed by atoms with Crippen molar-refractivity contribution in [1.82, 2.24) is 9.62 Å². The summed E-state index contributed by atoms with van der Waals surface area (Å²) in [6.07, 6.45) is 4.44. The first-order valence-corrected chi connectivity index (χ1v) is 8.96. The Morgan fingerprint density at radius 2 is 2.15 bits per heavy atom. The first kappa shape index (κ1) is 15.5. The molecule has 1 fully saturated rings. The van der Waals surface area contributed by atoms with Crippen LogP contribution in [-0.4, -0.2) is 38.7 Å². The SMILES string of the molecule is CCCS(=O)(=O)NCC1CCN(Cc2ccco2)CC1. The highest BCUT2D eigenvalue weighted by molar-refractivity contribution is 7.89. The predicted molar refractivity (Wildman–Crippen MR) is 78.8 cm³/mol. The van der Waals surface area contributed by atoms with Crippen LogP contribution in [0.3, 0.4) is 0 Å². The topological polar surface area (TPSA) is 62.6 Å². The Balaban J connectivity index is 1.69. The molecule has 0 aromatic carbocycles. The number of piperidine rings is 1. The van der Waals surface area contributed by atoms with E-state index in [-0.39, 0.29) is 5.75 Å². The van der Waals surface area contributed by atoms with Crippen LogP contribution in [0.15, 0.2) is 22.8 Å². The molecular weight excluding hydrogens is 276 g/mol. The molecule has 1 N–H and O–H groups in total. The number of rotatable bonds is 7. The van der Waals surface area contributed by atoms with Crippen LogP contribution < -0.4 is 4.72 Å². The molecule has 0 bridgehead atoms. The molecule has 6 heteroatoms. The summed E-state index contributed by atoms with van der Waals surface area (Å²) in [7, 11) is -3.06. The van der Waals surface area contributed by atoms with Gasteiger partial charge in [0.15, 0.2) is 0 Å². The van der Waals surface area contributed by atoms with Gasteiger partial charge in [0.2, 0.25) is 10.0 Å². The van der Waals surface area contributed by atoms with Crippen molar-refractivity contribution in [2.24, 2.45) is 5.92 Å². The Hall–Kier alpha value is -0.850.